The van der Waals surface area contributed by atoms with Gasteiger partial charge in [-0.25, -0.2) is 0 Å². The van der Waals surface area contributed by atoms with Crippen LogP contribution in [0, 0.1) is 0 Å². The Morgan fingerprint density at radius 3 is 2.81 bits per heavy atom. The van der Waals surface area contributed by atoms with Crippen molar-refractivity contribution in [3.05, 3.63) is 29.8 Å². The van der Waals surface area contributed by atoms with E-state index in [0.29, 0.717) is 12.5 Å². The number of hydrogen-bond acceptors (Lipinski definition) is 2. The molecule has 0 fully saturated rings. The second kappa shape index (κ2) is 7.60. The number of nitrogens with one attached hydrogen (secondary N) is 1. The number of unbranched alkanes of at least 4 members (excludes halogenated alkanes) is 3. The van der Waals surface area contributed by atoms with E-state index in [1.807, 2.05) is 19.2 Å². The van der Waals surface area contributed by atoms with Gasteiger partial charge < -0.3 is 10.2 Å². The molecule has 3 nitrogen and oxygen atoms in total. The van der Waals surface area contributed by atoms with E-state index < -0.39 is 0 Å². The number of carbonyl (C=O) groups excluding carboxylic acids is 1. The van der Waals surface area contributed by atoms with Gasteiger partial charge in [0.05, 0.1) is 0 Å². The Hall–Kier alpha value is -1.35. The number of fused-ring (bicyclic) bond motifs is 1. The van der Waals surface area contributed by atoms with Crippen molar-refractivity contribution in [1.29, 1.82) is 0 Å². The van der Waals surface area contributed by atoms with Gasteiger partial charge in [0.25, 0.3) is 0 Å². The molecule has 3 heteroatoms. The number of carbonyl (C=O) groups is 1. The lowest BCUT2D eigenvalue weighted by Gasteiger charge is -2.33. The molecule has 0 radical (unpaired) electrons. The summed E-state index contributed by atoms with van der Waals surface area (Å²) in [7, 11) is 1.87. The number of hydrogen-bond donors (Lipinski definition) is 1. The summed E-state index contributed by atoms with van der Waals surface area (Å²) in [5.41, 5.74) is 2.30. The first-order chi connectivity index (χ1) is 10.1. The van der Waals surface area contributed by atoms with E-state index in [2.05, 4.69) is 31.3 Å². The maximum atomic E-state index is 12.1. The van der Waals surface area contributed by atoms with Gasteiger partial charge in [-0.2, -0.15) is 0 Å². The van der Waals surface area contributed by atoms with Crippen molar-refractivity contribution in [3.63, 3.8) is 0 Å². The summed E-state index contributed by atoms with van der Waals surface area (Å²) in [5, 5.41) is 3.66. The molecule has 1 aromatic rings. The summed E-state index contributed by atoms with van der Waals surface area (Å²) < 4.78 is 0. The Morgan fingerprint density at radius 1 is 1.29 bits per heavy atom. The molecular formula is C18H28N2O. The highest BCUT2D eigenvalue weighted by Gasteiger charge is 2.29. The fourth-order valence-corrected chi connectivity index (χ4v) is 3.10. The number of amides is 1. The third kappa shape index (κ3) is 4.07. The normalized spacial score (nSPS) is 19.5. The van der Waals surface area contributed by atoms with Crippen molar-refractivity contribution in [2.45, 2.75) is 64.5 Å². The van der Waals surface area contributed by atoms with Crippen LogP contribution in [0.15, 0.2) is 24.3 Å². The van der Waals surface area contributed by atoms with E-state index in [1.165, 1.54) is 37.7 Å². The molecule has 2 unspecified atom stereocenters. The molecule has 0 aliphatic carbocycles. The molecule has 2 rings (SSSR count). The molecule has 1 N–H and O–H groups in total. The Kier molecular flexibility index (Phi) is 5.80. The van der Waals surface area contributed by atoms with E-state index in [4.69, 9.17) is 0 Å². The number of nitrogens with zero attached hydrogens (tertiary/aromatic N) is 1. The molecular weight excluding hydrogens is 260 g/mol. The number of anilines is 1. The third-order valence-corrected chi connectivity index (χ3v) is 4.40. The lowest BCUT2D eigenvalue weighted by molar-refractivity contribution is -0.119. The molecule has 2 atom stereocenters. The number of para-hydroxylation sites is 1. The van der Waals surface area contributed by atoms with Crippen LogP contribution in [0.25, 0.3) is 0 Å². The quantitative estimate of drug-likeness (QED) is 0.768. The first kappa shape index (κ1) is 16.0. The smallest absolute Gasteiger partial charge is 0.228 e. The van der Waals surface area contributed by atoms with Crippen LogP contribution in [-0.4, -0.2) is 19.0 Å². The van der Waals surface area contributed by atoms with Gasteiger partial charge >= 0.3 is 0 Å². The minimum absolute atomic E-state index is 0.158. The van der Waals surface area contributed by atoms with Crippen LogP contribution in [0.2, 0.25) is 0 Å². The van der Waals surface area contributed by atoms with Gasteiger partial charge in [0.2, 0.25) is 5.91 Å². The SMILES string of the molecule is CCCCCCC(C)NC1CC(=O)N(C)c2ccccc21. The summed E-state index contributed by atoms with van der Waals surface area (Å²) >= 11 is 0. The maximum Gasteiger partial charge on any atom is 0.228 e. The van der Waals surface area contributed by atoms with Crippen molar-refractivity contribution in [1.82, 2.24) is 5.32 Å². The predicted octanol–water partition coefficient (Wildman–Crippen LogP) is 4.04. The largest absolute Gasteiger partial charge is 0.315 e. The molecule has 0 spiro atoms. The highest BCUT2D eigenvalue weighted by molar-refractivity contribution is 5.96. The Balaban J connectivity index is 1.97. The van der Waals surface area contributed by atoms with E-state index in [9.17, 15) is 4.79 Å². The van der Waals surface area contributed by atoms with Crippen LogP contribution in [0.1, 0.15) is 64.0 Å². The van der Waals surface area contributed by atoms with Crippen LogP contribution in [0.4, 0.5) is 5.69 Å². The van der Waals surface area contributed by atoms with Gasteiger partial charge in [-0.3, -0.25) is 4.79 Å². The van der Waals surface area contributed by atoms with Gasteiger partial charge in [0, 0.05) is 31.2 Å². The van der Waals surface area contributed by atoms with Crippen LogP contribution in [-0.2, 0) is 4.79 Å². The fourth-order valence-electron chi connectivity index (χ4n) is 3.10. The molecule has 0 saturated heterocycles. The molecule has 116 valence electrons. The van der Waals surface area contributed by atoms with Crippen molar-refractivity contribution < 1.29 is 4.79 Å². The lowest BCUT2D eigenvalue weighted by Crippen LogP contribution is -2.40. The van der Waals surface area contributed by atoms with Crippen molar-refractivity contribution in [2.75, 3.05) is 11.9 Å². The third-order valence-electron chi connectivity index (χ3n) is 4.40. The van der Waals surface area contributed by atoms with Crippen LogP contribution in [0.3, 0.4) is 0 Å². The number of benzene rings is 1. The summed E-state index contributed by atoms with van der Waals surface area (Å²) in [6.07, 6.45) is 6.92. The van der Waals surface area contributed by atoms with Crippen molar-refractivity contribution in [2.24, 2.45) is 0 Å². The molecule has 0 saturated carbocycles. The van der Waals surface area contributed by atoms with Crippen molar-refractivity contribution in [3.8, 4) is 0 Å². The molecule has 1 heterocycles. The molecule has 0 aromatic heterocycles. The second-order valence-corrected chi connectivity index (χ2v) is 6.19. The minimum atomic E-state index is 0.158. The summed E-state index contributed by atoms with van der Waals surface area (Å²) in [6.45, 7) is 4.47. The van der Waals surface area contributed by atoms with E-state index in [1.54, 1.807) is 4.90 Å². The summed E-state index contributed by atoms with van der Waals surface area (Å²) in [5.74, 6) is 0.199. The fraction of sp³-hybridized carbons (Fsp3) is 0.611. The zero-order valence-electron chi connectivity index (χ0n) is 13.6. The van der Waals surface area contributed by atoms with Crippen LogP contribution >= 0.6 is 0 Å². The zero-order valence-corrected chi connectivity index (χ0v) is 13.6. The summed E-state index contributed by atoms with van der Waals surface area (Å²) in [4.78, 5) is 13.9. The van der Waals surface area contributed by atoms with E-state index >= 15 is 0 Å². The molecule has 0 bridgehead atoms. The predicted molar refractivity (Wildman–Crippen MR) is 88.6 cm³/mol. The molecule has 1 aliphatic rings. The van der Waals surface area contributed by atoms with Gasteiger partial charge in [-0.15, -0.1) is 0 Å². The Morgan fingerprint density at radius 2 is 2.05 bits per heavy atom. The second-order valence-electron chi connectivity index (χ2n) is 6.19. The minimum Gasteiger partial charge on any atom is -0.315 e. The highest BCUT2D eigenvalue weighted by Crippen LogP contribution is 2.33. The summed E-state index contributed by atoms with van der Waals surface area (Å²) in [6, 6.07) is 8.84. The average Bonchev–Trinajstić information content (AvgIpc) is 2.49. The maximum absolute atomic E-state index is 12.1. The lowest BCUT2D eigenvalue weighted by atomic mass is 9.95. The molecule has 1 amide bonds. The van der Waals surface area contributed by atoms with Crippen molar-refractivity contribution >= 4 is 11.6 Å². The Labute approximate surface area is 128 Å². The molecule has 1 aromatic carbocycles. The first-order valence-electron chi connectivity index (χ1n) is 8.25. The first-order valence-corrected chi connectivity index (χ1v) is 8.25. The monoisotopic (exact) mass is 288 g/mol. The van der Waals surface area contributed by atoms with Gasteiger partial charge in [-0.1, -0.05) is 50.8 Å². The van der Waals surface area contributed by atoms with E-state index in [0.717, 1.165) is 5.69 Å². The van der Waals surface area contributed by atoms with Gasteiger partial charge in [-0.05, 0) is 25.0 Å². The average molecular weight is 288 g/mol. The number of rotatable bonds is 7. The van der Waals surface area contributed by atoms with Crippen LogP contribution in [0.5, 0.6) is 0 Å². The van der Waals surface area contributed by atoms with Gasteiger partial charge in [0.1, 0.15) is 0 Å². The van der Waals surface area contributed by atoms with Crippen LogP contribution < -0.4 is 10.2 Å². The highest BCUT2D eigenvalue weighted by atomic mass is 16.2. The van der Waals surface area contributed by atoms with E-state index in [-0.39, 0.29) is 11.9 Å². The Bertz CT molecular complexity index is 472. The topological polar surface area (TPSA) is 32.3 Å². The standard InChI is InChI=1S/C18H28N2O/c1-4-5-6-7-10-14(2)19-16-13-18(21)20(3)17-12-9-8-11-15(16)17/h8-9,11-12,14,16,19H,4-7,10,13H2,1-3H3. The zero-order chi connectivity index (χ0) is 15.2. The molecule has 21 heavy (non-hydrogen) atoms. The van der Waals surface area contributed by atoms with Gasteiger partial charge in [0.15, 0.2) is 0 Å². The molecule has 1 aliphatic heterocycles.